The molecule has 4 N–H and O–H groups in total. The largest absolute Gasteiger partial charge is 0.480 e. The molecular weight excluding hydrogens is 426 g/mol. The molecule has 2 aromatic rings. The molecule has 0 aliphatic heterocycles. The number of carbonyl (C=O) groups excluding carboxylic acids is 2. The molecule has 2 atom stereocenters. The second-order valence-electron chi connectivity index (χ2n) is 7.23. The summed E-state index contributed by atoms with van der Waals surface area (Å²) < 4.78 is 31.0. The van der Waals surface area contributed by atoms with Crippen LogP contribution in [0.2, 0.25) is 0 Å². The summed E-state index contributed by atoms with van der Waals surface area (Å²) in [7, 11) is 0. The predicted molar refractivity (Wildman–Crippen MR) is 109 cm³/mol. The van der Waals surface area contributed by atoms with Gasteiger partial charge in [-0.05, 0) is 22.3 Å². The third-order valence-electron chi connectivity index (χ3n) is 5.16. The third-order valence-corrected chi connectivity index (χ3v) is 5.16. The van der Waals surface area contributed by atoms with Crippen molar-refractivity contribution in [1.82, 2.24) is 10.6 Å². The second-order valence-corrected chi connectivity index (χ2v) is 7.23. The molecule has 0 saturated carbocycles. The summed E-state index contributed by atoms with van der Waals surface area (Å²) in [6.07, 6.45) is -5.09. The Morgan fingerprint density at radius 3 is 2.00 bits per heavy atom. The molecule has 0 spiro atoms. The number of rotatable bonds is 9. The predicted octanol–water partition coefficient (Wildman–Crippen LogP) is 2.11. The van der Waals surface area contributed by atoms with Crippen LogP contribution >= 0.6 is 0 Å². The van der Waals surface area contributed by atoms with Crippen molar-refractivity contribution in [1.29, 1.82) is 0 Å². The Hall–Kier alpha value is -3.53. The highest BCUT2D eigenvalue weighted by molar-refractivity contribution is 5.89. The van der Waals surface area contributed by atoms with Crippen molar-refractivity contribution in [2.75, 3.05) is 13.2 Å². The van der Waals surface area contributed by atoms with E-state index < -0.39 is 49.5 Å². The standard InChI is InChI=1S/C22H22F2N2O6/c23-19(24)9-17(20(28)25-18(10-27)21(29)30)26-22(31)32-11-16-14-7-3-1-5-12(14)13-6-2-4-8-15(13)16/h1-8,16-19,27H,9-11H2,(H,25,28)(H,26,31)(H,29,30). The highest BCUT2D eigenvalue weighted by Crippen LogP contribution is 2.44. The van der Waals surface area contributed by atoms with Crippen LogP contribution in [-0.2, 0) is 14.3 Å². The maximum Gasteiger partial charge on any atom is 0.407 e. The van der Waals surface area contributed by atoms with Crippen molar-refractivity contribution in [2.45, 2.75) is 30.8 Å². The van der Waals surface area contributed by atoms with Gasteiger partial charge in [0.1, 0.15) is 18.7 Å². The summed E-state index contributed by atoms with van der Waals surface area (Å²) in [5.74, 6) is -2.97. The lowest BCUT2D eigenvalue weighted by molar-refractivity contribution is -0.143. The Bertz CT molecular complexity index is 954. The monoisotopic (exact) mass is 448 g/mol. The molecule has 2 amide bonds. The number of aliphatic hydroxyl groups excluding tert-OH is 1. The molecule has 32 heavy (non-hydrogen) atoms. The lowest BCUT2D eigenvalue weighted by atomic mass is 9.98. The number of halogens is 2. The maximum atomic E-state index is 12.9. The summed E-state index contributed by atoms with van der Waals surface area (Å²) in [6.45, 7) is -1.02. The number of carbonyl (C=O) groups is 3. The van der Waals surface area contributed by atoms with Gasteiger partial charge in [-0.2, -0.15) is 0 Å². The van der Waals surface area contributed by atoms with Crippen molar-refractivity contribution in [2.24, 2.45) is 0 Å². The van der Waals surface area contributed by atoms with Gasteiger partial charge in [0.05, 0.1) is 6.61 Å². The van der Waals surface area contributed by atoms with Crippen molar-refractivity contribution >= 4 is 18.0 Å². The summed E-state index contributed by atoms with van der Waals surface area (Å²) >= 11 is 0. The van der Waals surface area contributed by atoms with Gasteiger partial charge < -0.3 is 25.6 Å². The van der Waals surface area contributed by atoms with Gasteiger partial charge in [-0.3, -0.25) is 4.79 Å². The van der Waals surface area contributed by atoms with E-state index >= 15 is 0 Å². The van der Waals surface area contributed by atoms with E-state index in [-0.39, 0.29) is 12.5 Å². The average Bonchev–Trinajstić information content (AvgIpc) is 3.08. The maximum absolute atomic E-state index is 12.9. The molecule has 8 nitrogen and oxygen atoms in total. The first-order valence-electron chi connectivity index (χ1n) is 9.85. The number of alkyl halides is 2. The van der Waals surface area contributed by atoms with Crippen LogP contribution < -0.4 is 10.6 Å². The molecule has 1 aliphatic rings. The summed E-state index contributed by atoms with van der Waals surface area (Å²) in [5, 5.41) is 21.9. The fraction of sp³-hybridized carbons (Fsp3) is 0.318. The van der Waals surface area contributed by atoms with Crippen LogP contribution in [0.25, 0.3) is 11.1 Å². The number of carboxylic acids is 1. The van der Waals surface area contributed by atoms with Gasteiger partial charge in [-0.25, -0.2) is 18.4 Å². The van der Waals surface area contributed by atoms with Crippen LogP contribution in [0, 0.1) is 0 Å². The van der Waals surface area contributed by atoms with E-state index in [4.69, 9.17) is 14.9 Å². The van der Waals surface area contributed by atoms with Crippen molar-refractivity contribution < 1.29 is 38.1 Å². The molecule has 2 unspecified atom stereocenters. The lowest BCUT2D eigenvalue weighted by Gasteiger charge is -2.21. The van der Waals surface area contributed by atoms with E-state index in [9.17, 15) is 23.2 Å². The molecule has 10 heteroatoms. The van der Waals surface area contributed by atoms with Crippen LogP contribution in [0.5, 0.6) is 0 Å². The highest BCUT2D eigenvalue weighted by Gasteiger charge is 2.31. The van der Waals surface area contributed by atoms with E-state index in [2.05, 4.69) is 5.32 Å². The smallest absolute Gasteiger partial charge is 0.407 e. The van der Waals surface area contributed by atoms with Gasteiger partial charge >= 0.3 is 12.1 Å². The minimum Gasteiger partial charge on any atom is -0.480 e. The summed E-state index contributed by atoms with van der Waals surface area (Å²) in [4.78, 5) is 35.4. The van der Waals surface area contributed by atoms with Crippen LogP contribution in [0.4, 0.5) is 13.6 Å². The summed E-state index contributed by atoms with van der Waals surface area (Å²) in [5.41, 5.74) is 3.93. The number of alkyl carbamates (subject to hydrolysis) is 1. The zero-order chi connectivity index (χ0) is 23.3. The molecule has 0 bridgehead atoms. The van der Waals surface area contributed by atoms with E-state index in [0.29, 0.717) is 0 Å². The Balaban J connectivity index is 1.67. The van der Waals surface area contributed by atoms with Crippen molar-refractivity contribution in [3.05, 3.63) is 59.7 Å². The van der Waals surface area contributed by atoms with Gasteiger partial charge in [0.15, 0.2) is 0 Å². The number of hydrogen-bond donors (Lipinski definition) is 4. The van der Waals surface area contributed by atoms with Crippen LogP contribution in [0.1, 0.15) is 23.5 Å². The number of aliphatic hydroxyl groups is 1. The first kappa shape index (κ1) is 23.1. The van der Waals surface area contributed by atoms with Gasteiger partial charge in [-0.1, -0.05) is 48.5 Å². The van der Waals surface area contributed by atoms with Crippen LogP contribution in [0.3, 0.4) is 0 Å². The first-order chi connectivity index (χ1) is 15.3. The third kappa shape index (κ3) is 5.20. The molecule has 0 aromatic heterocycles. The average molecular weight is 448 g/mol. The van der Waals surface area contributed by atoms with E-state index in [1.165, 1.54) is 0 Å². The van der Waals surface area contributed by atoms with Gasteiger partial charge in [0, 0.05) is 12.3 Å². The SMILES string of the molecule is O=C(NC(CC(F)F)C(=O)NC(CO)C(=O)O)OCC1c2ccccc2-c2ccccc21. The fourth-order valence-electron chi connectivity index (χ4n) is 3.65. The Kier molecular flexibility index (Phi) is 7.37. The van der Waals surface area contributed by atoms with Gasteiger partial charge in [0.2, 0.25) is 12.3 Å². The molecule has 1 aliphatic carbocycles. The van der Waals surface area contributed by atoms with Gasteiger partial charge in [0.25, 0.3) is 0 Å². The topological polar surface area (TPSA) is 125 Å². The highest BCUT2D eigenvalue weighted by atomic mass is 19.3. The number of benzene rings is 2. The Labute approximate surface area is 182 Å². The number of ether oxygens (including phenoxy) is 1. The van der Waals surface area contributed by atoms with Crippen molar-refractivity contribution in [3.8, 4) is 11.1 Å². The normalized spacial score (nSPS) is 14.2. The number of hydrogen-bond acceptors (Lipinski definition) is 5. The number of carboxylic acid groups (broad SMARTS) is 1. The number of amides is 2. The Morgan fingerprint density at radius 1 is 0.938 bits per heavy atom. The minimum absolute atomic E-state index is 0.0860. The summed E-state index contributed by atoms with van der Waals surface area (Å²) in [6, 6.07) is 11.8. The van der Waals surface area contributed by atoms with Gasteiger partial charge in [-0.15, -0.1) is 0 Å². The minimum atomic E-state index is -2.95. The van der Waals surface area contributed by atoms with E-state index in [1.807, 2.05) is 53.8 Å². The fourth-order valence-corrected chi connectivity index (χ4v) is 3.65. The molecule has 3 rings (SSSR count). The molecular formula is C22H22F2N2O6. The molecule has 0 heterocycles. The molecule has 170 valence electrons. The quantitative estimate of drug-likeness (QED) is 0.466. The lowest BCUT2D eigenvalue weighted by Crippen LogP contribution is -2.53. The zero-order valence-electron chi connectivity index (χ0n) is 16.8. The van der Waals surface area contributed by atoms with E-state index in [1.54, 1.807) is 0 Å². The van der Waals surface area contributed by atoms with E-state index in [0.717, 1.165) is 22.3 Å². The molecule has 2 aromatic carbocycles. The number of nitrogens with one attached hydrogen (secondary N) is 2. The Morgan fingerprint density at radius 2 is 1.50 bits per heavy atom. The second kappa shape index (κ2) is 10.2. The first-order valence-corrected chi connectivity index (χ1v) is 9.85. The van der Waals surface area contributed by atoms with Crippen LogP contribution in [0.15, 0.2) is 48.5 Å². The number of fused-ring (bicyclic) bond motifs is 3. The molecule has 0 saturated heterocycles. The van der Waals surface area contributed by atoms with Crippen molar-refractivity contribution in [3.63, 3.8) is 0 Å². The van der Waals surface area contributed by atoms with Crippen LogP contribution in [-0.4, -0.2) is 59.9 Å². The molecule has 0 radical (unpaired) electrons. The zero-order valence-corrected chi connectivity index (χ0v) is 16.8. The molecule has 0 fully saturated rings. The number of aliphatic carboxylic acids is 1.